The number of nitrogens with zero attached hydrogens (tertiary/aromatic N) is 2. The molecule has 0 saturated heterocycles. The van der Waals surface area contributed by atoms with Gasteiger partial charge in [0.15, 0.2) is 0 Å². The third-order valence-corrected chi connectivity index (χ3v) is 5.08. The molecule has 10 heteroatoms. The van der Waals surface area contributed by atoms with Crippen molar-refractivity contribution in [3.05, 3.63) is 56.7 Å². The summed E-state index contributed by atoms with van der Waals surface area (Å²) in [6, 6.07) is 2.77. The number of rotatable bonds is 10. The van der Waals surface area contributed by atoms with Gasteiger partial charge in [-0.15, -0.1) is 0 Å². The first-order valence-corrected chi connectivity index (χ1v) is 9.75. The third kappa shape index (κ3) is 6.35. The smallest absolute Gasteiger partial charge is 0.328 e. The Morgan fingerprint density at radius 2 is 1.66 bits per heavy atom. The van der Waals surface area contributed by atoms with Gasteiger partial charge in [0, 0.05) is 12.4 Å². The Labute approximate surface area is 177 Å². The second kappa shape index (κ2) is 9.96. The van der Waals surface area contributed by atoms with Gasteiger partial charge in [0.25, 0.3) is 0 Å². The van der Waals surface area contributed by atoms with Crippen molar-refractivity contribution in [1.82, 2.24) is 14.5 Å². The van der Waals surface area contributed by atoms with Gasteiger partial charge in [0.05, 0.1) is 23.1 Å². The minimum absolute atomic E-state index is 0.0630. The van der Waals surface area contributed by atoms with Gasteiger partial charge in [-0.1, -0.05) is 43.1 Å². The fourth-order valence-corrected chi connectivity index (χ4v) is 3.22. The number of nitrogens with one attached hydrogen (secondary N) is 1. The number of hydrogen-bond donors (Lipinski definition) is 3. The van der Waals surface area contributed by atoms with E-state index in [1.807, 2.05) is 13.8 Å². The summed E-state index contributed by atoms with van der Waals surface area (Å²) >= 11 is 11.9. The second-order valence-electron chi connectivity index (χ2n) is 7.19. The van der Waals surface area contributed by atoms with Gasteiger partial charge in [-0.2, -0.15) is 0 Å². The Bertz CT molecular complexity index is 938. The Morgan fingerprint density at radius 1 is 1.03 bits per heavy atom. The van der Waals surface area contributed by atoms with Crippen molar-refractivity contribution in [3.63, 3.8) is 0 Å². The summed E-state index contributed by atoms with van der Waals surface area (Å²) in [5.41, 5.74) is 0.342. The molecule has 2 aromatic rings. The van der Waals surface area contributed by atoms with Crippen LogP contribution in [-0.2, 0) is 22.7 Å². The van der Waals surface area contributed by atoms with Crippen molar-refractivity contribution >= 4 is 35.1 Å². The fraction of sp³-hybridized carbons (Fsp3) is 0.421. The largest absolute Gasteiger partial charge is 0.480 e. The molecule has 0 aliphatic carbocycles. The van der Waals surface area contributed by atoms with E-state index in [4.69, 9.17) is 23.2 Å². The fourth-order valence-electron chi connectivity index (χ4n) is 2.90. The Kier molecular flexibility index (Phi) is 7.89. The zero-order valence-electron chi connectivity index (χ0n) is 16.0. The molecule has 0 amide bonds. The van der Waals surface area contributed by atoms with Crippen molar-refractivity contribution < 1.29 is 19.8 Å². The lowest BCUT2D eigenvalue weighted by Gasteiger charge is -2.21. The Hall–Kier alpha value is -2.29. The van der Waals surface area contributed by atoms with E-state index >= 15 is 0 Å². The van der Waals surface area contributed by atoms with Crippen molar-refractivity contribution in [2.75, 3.05) is 0 Å². The highest BCUT2D eigenvalue weighted by molar-refractivity contribution is 6.42. The number of carboxylic acids is 2. The quantitative estimate of drug-likeness (QED) is 0.519. The first-order valence-electron chi connectivity index (χ1n) is 8.99. The maximum atomic E-state index is 12.6. The van der Waals surface area contributed by atoms with Gasteiger partial charge < -0.3 is 10.2 Å². The number of aliphatic carboxylic acids is 2. The van der Waals surface area contributed by atoms with E-state index in [-0.39, 0.29) is 25.4 Å². The summed E-state index contributed by atoms with van der Waals surface area (Å²) in [7, 11) is 0. The molecule has 8 nitrogen and oxygen atoms in total. The minimum Gasteiger partial charge on any atom is -0.480 e. The molecule has 1 aromatic carbocycles. The number of carboxylic acid groups (broad SMARTS) is 2. The van der Waals surface area contributed by atoms with E-state index in [0.717, 1.165) is 5.56 Å². The topological polar surface area (TPSA) is 114 Å². The molecule has 0 radical (unpaired) electrons. The summed E-state index contributed by atoms with van der Waals surface area (Å²) < 4.78 is 2.64. The highest BCUT2D eigenvalue weighted by atomic mass is 35.5. The number of halogens is 2. The van der Waals surface area contributed by atoms with Crippen LogP contribution in [-0.4, -0.2) is 43.4 Å². The molecule has 0 aliphatic rings. The van der Waals surface area contributed by atoms with Crippen LogP contribution in [0.1, 0.15) is 25.8 Å². The van der Waals surface area contributed by atoms with Crippen molar-refractivity contribution in [2.24, 2.45) is 5.92 Å². The number of imidazole rings is 1. The standard InChI is InChI=1S/C19H23Cl2N3O5/c1-11(2)7-15(17(25)26)22-16(18(27)28)10-24-6-5-23(19(24)29)9-12-3-4-13(20)14(21)8-12/h3-6,8,11,15-16,22H,7,9-10H2,1-2H3,(H,25,26)(H,27,28). The molecule has 1 aromatic heterocycles. The summed E-state index contributed by atoms with van der Waals surface area (Å²) in [5, 5.41) is 22.2. The number of aromatic nitrogens is 2. The van der Waals surface area contributed by atoms with Crippen LogP contribution in [0.2, 0.25) is 10.0 Å². The van der Waals surface area contributed by atoms with E-state index in [1.165, 1.54) is 21.5 Å². The van der Waals surface area contributed by atoms with E-state index in [2.05, 4.69) is 5.32 Å². The zero-order valence-corrected chi connectivity index (χ0v) is 17.5. The molecule has 2 atom stereocenters. The third-order valence-electron chi connectivity index (χ3n) is 4.34. The number of hydrogen-bond acceptors (Lipinski definition) is 4. The molecule has 0 bridgehead atoms. The van der Waals surface area contributed by atoms with Crippen molar-refractivity contribution in [3.8, 4) is 0 Å². The molecule has 0 saturated carbocycles. The lowest BCUT2D eigenvalue weighted by atomic mass is 10.0. The van der Waals surface area contributed by atoms with Crippen molar-refractivity contribution in [2.45, 2.75) is 45.4 Å². The summed E-state index contributed by atoms with van der Waals surface area (Å²) in [4.78, 5) is 35.7. The van der Waals surface area contributed by atoms with E-state index in [9.17, 15) is 24.6 Å². The molecule has 0 aliphatic heterocycles. The van der Waals surface area contributed by atoms with Gasteiger partial charge in [-0.05, 0) is 30.0 Å². The molecule has 0 fully saturated rings. The van der Waals surface area contributed by atoms with Crippen LogP contribution in [0, 0.1) is 5.92 Å². The van der Waals surface area contributed by atoms with E-state index in [0.29, 0.717) is 10.0 Å². The van der Waals surface area contributed by atoms with Gasteiger partial charge >= 0.3 is 17.6 Å². The highest BCUT2D eigenvalue weighted by Crippen LogP contribution is 2.22. The van der Waals surface area contributed by atoms with Crippen LogP contribution in [0.4, 0.5) is 0 Å². The van der Waals surface area contributed by atoms with Gasteiger partial charge in [0.1, 0.15) is 12.1 Å². The first kappa shape index (κ1) is 23.0. The van der Waals surface area contributed by atoms with Gasteiger partial charge in [-0.25, -0.2) is 4.79 Å². The van der Waals surface area contributed by atoms with Gasteiger partial charge in [0.2, 0.25) is 0 Å². The first-order chi connectivity index (χ1) is 13.6. The molecule has 158 valence electrons. The molecule has 3 N–H and O–H groups in total. The van der Waals surface area contributed by atoms with Crippen LogP contribution in [0.3, 0.4) is 0 Å². The normalized spacial score (nSPS) is 13.4. The summed E-state index contributed by atoms with van der Waals surface area (Å²) in [6.07, 6.45) is 3.27. The highest BCUT2D eigenvalue weighted by Gasteiger charge is 2.27. The second-order valence-corrected chi connectivity index (χ2v) is 8.00. The van der Waals surface area contributed by atoms with E-state index < -0.39 is 29.7 Å². The summed E-state index contributed by atoms with van der Waals surface area (Å²) in [5.74, 6) is -2.30. The lowest BCUT2D eigenvalue weighted by Crippen LogP contribution is -2.50. The number of carbonyl (C=O) groups is 2. The molecular formula is C19H23Cl2N3O5. The molecule has 0 spiro atoms. The monoisotopic (exact) mass is 443 g/mol. The predicted molar refractivity (Wildman–Crippen MR) is 110 cm³/mol. The predicted octanol–water partition coefficient (Wildman–Crippen LogP) is 2.55. The SMILES string of the molecule is CC(C)CC(NC(Cn1ccn(Cc2ccc(Cl)c(Cl)c2)c1=O)C(=O)O)C(=O)O. The maximum Gasteiger partial charge on any atom is 0.328 e. The van der Waals surface area contributed by atoms with Crippen LogP contribution < -0.4 is 11.0 Å². The van der Waals surface area contributed by atoms with Crippen LogP contribution >= 0.6 is 23.2 Å². The van der Waals surface area contributed by atoms with Crippen LogP contribution in [0.5, 0.6) is 0 Å². The molecule has 29 heavy (non-hydrogen) atoms. The molecular weight excluding hydrogens is 421 g/mol. The molecule has 2 rings (SSSR count). The van der Waals surface area contributed by atoms with Crippen LogP contribution in [0.25, 0.3) is 0 Å². The minimum atomic E-state index is -1.23. The molecule has 2 unspecified atom stereocenters. The van der Waals surface area contributed by atoms with E-state index in [1.54, 1.807) is 18.2 Å². The Morgan fingerprint density at radius 3 is 2.21 bits per heavy atom. The zero-order chi connectivity index (χ0) is 21.7. The average molecular weight is 444 g/mol. The Balaban J connectivity index is 2.16. The molecule has 1 heterocycles. The summed E-state index contributed by atoms with van der Waals surface area (Å²) in [6.45, 7) is 3.73. The maximum absolute atomic E-state index is 12.6. The van der Waals surface area contributed by atoms with Crippen molar-refractivity contribution in [1.29, 1.82) is 0 Å². The van der Waals surface area contributed by atoms with Crippen LogP contribution in [0.15, 0.2) is 35.4 Å². The average Bonchev–Trinajstić information content (AvgIpc) is 2.96. The lowest BCUT2D eigenvalue weighted by molar-refractivity contribution is -0.143. The van der Waals surface area contributed by atoms with Gasteiger partial charge in [-0.3, -0.25) is 24.0 Å². The number of benzene rings is 1.